The fourth-order valence-electron chi connectivity index (χ4n) is 3.99. The maximum absolute atomic E-state index is 13.0. The van der Waals surface area contributed by atoms with Gasteiger partial charge in [-0.1, -0.05) is 37.3 Å². The number of benzene rings is 2. The summed E-state index contributed by atoms with van der Waals surface area (Å²) >= 11 is 0. The molecule has 5 nitrogen and oxygen atoms in total. The Morgan fingerprint density at radius 1 is 1.11 bits per heavy atom. The van der Waals surface area contributed by atoms with Crippen LogP contribution in [0, 0.1) is 5.92 Å². The van der Waals surface area contributed by atoms with Gasteiger partial charge in [0.15, 0.2) is 17.3 Å². The molecule has 1 fully saturated rings. The van der Waals surface area contributed by atoms with Crippen molar-refractivity contribution in [3.05, 3.63) is 59.2 Å². The molecule has 2 atom stereocenters. The maximum atomic E-state index is 13.0. The van der Waals surface area contributed by atoms with Gasteiger partial charge in [-0.25, -0.2) is 0 Å². The molecule has 0 saturated carbocycles. The predicted octanol–water partition coefficient (Wildman–Crippen LogP) is 3.25. The summed E-state index contributed by atoms with van der Waals surface area (Å²) in [5.74, 6) is 1.43. The maximum Gasteiger partial charge on any atom is 0.254 e. The third-order valence-corrected chi connectivity index (χ3v) is 5.36. The Kier molecular flexibility index (Phi) is 4.60. The molecule has 1 saturated heterocycles. The molecule has 27 heavy (non-hydrogen) atoms. The van der Waals surface area contributed by atoms with Gasteiger partial charge in [0.1, 0.15) is 6.61 Å². The number of fused-ring (bicyclic) bond motifs is 2. The van der Waals surface area contributed by atoms with Crippen molar-refractivity contribution in [1.82, 2.24) is 4.90 Å². The first-order chi connectivity index (χ1) is 13.1. The lowest BCUT2D eigenvalue weighted by atomic mass is 9.98. The van der Waals surface area contributed by atoms with Crippen molar-refractivity contribution in [2.24, 2.45) is 5.92 Å². The van der Waals surface area contributed by atoms with E-state index in [0.29, 0.717) is 36.1 Å². The summed E-state index contributed by atoms with van der Waals surface area (Å²) in [6.45, 7) is 3.10. The molecule has 0 radical (unpaired) electrons. The van der Waals surface area contributed by atoms with Gasteiger partial charge in [0, 0.05) is 18.5 Å². The summed E-state index contributed by atoms with van der Waals surface area (Å²) in [5, 5.41) is 0. The third kappa shape index (κ3) is 3.29. The molecule has 0 aromatic heterocycles. The van der Waals surface area contributed by atoms with E-state index in [4.69, 9.17) is 9.47 Å². The fraction of sp³-hybridized carbons (Fsp3) is 0.364. The van der Waals surface area contributed by atoms with Crippen LogP contribution in [0.3, 0.4) is 0 Å². The van der Waals surface area contributed by atoms with E-state index in [2.05, 4.69) is 6.92 Å². The molecule has 2 aliphatic rings. The Balaban J connectivity index is 1.66. The highest BCUT2D eigenvalue weighted by Crippen LogP contribution is 2.36. The molecule has 2 aromatic rings. The van der Waals surface area contributed by atoms with E-state index in [1.165, 1.54) is 0 Å². The number of nitrogens with zero attached hydrogens (tertiary/aromatic N) is 1. The lowest BCUT2D eigenvalue weighted by Gasteiger charge is -2.21. The second-order valence-corrected chi connectivity index (χ2v) is 7.39. The zero-order valence-corrected chi connectivity index (χ0v) is 15.6. The van der Waals surface area contributed by atoms with E-state index in [0.717, 1.165) is 17.5 Å². The van der Waals surface area contributed by atoms with Gasteiger partial charge in [-0.3, -0.25) is 9.59 Å². The van der Waals surface area contributed by atoms with Gasteiger partial charge < -0.3 is 14.4 Å². The average Bonchev–Trinajstić information content (AvgIpc) is 3.05. The summed E-state index contributed by atoms with van der Waals surface area (Å²) in [5.41, 5.74) is 2.30. The largest absolute Gasteiger partial charge is 0.493 e. The van der Waals surface area contributed by atoms with Crippen molar-refractivity contribution >= 4 is 11.7 Å². The van der Waals surface area contributed by atoms with Crippen LogP contribution >= 0.6 is 0 Å². The van der Waals surface area contributed by atoms with E-state index in [1.54, 1.807) is 24.1 Å². The quantitative estimate of drug-likeness (QED) is 0.835. The fourth-order valence-corrected chi connectivity index (χ4v) is 3.99. The van der Waals surface area contributed by atoms with Gasteiger partial charge in [-0.05, 0) is 35.6 Å². The van der Waals surface area contributed by atoms with Gasteiger partial charge in [0.25, 0.3) is 5.91 Å². The van der Waals surface area contributed by atoms with Crippen molar-refractivity contribution in [2.75, 3.05) is 13.7 Å². The number of hydrogen-bond acceptors (Lipinski definition) is 4. The SMILES string of the molecule is COc1cc2c(cc1OCc1ccccc1)CC(=O)[C@@H]1C[C@@H](C)CN1C2=O. The number of Topliss-reactive ketones (excluding diaryl/α,β-unsaturated/α-hetero) is 1. The molecule has 0 aliphatic carbocycles. The highest BCUT2D eigenvalue weighted by atomic mass is 16.5. The number of carbonyl (C=O) groups is 2. The molecule has 0 N–H and O–H groups in total. The van der Waals surface area contributed by atoms with Crippen molar-refractivity contribution in [2.45, 2.75) is 32.4 Å². The molecular formula is C22H23NO4. The smallest absolute Gasteiger partial charge is 0.254 e. The first kappa shape index (κ1) is 17.6. The van der Waals surface area contributed by atoms with E-state index in [1.807, 2.05) is 30.3 Å². The molecule has 0 spiro atoms. The standard InChI is InChI=1S/C22H23NO4/c1-14-8-18-19(24)9-16-10-21(27-13-15-6-4-3-5-7-15)20(26-2)11-17(16)22(25)23(18)12-14/h3-7,10-11,14,18H,8-9,12-13H2,1-2H3/t14-,18+/m1/s1. The van der Waals surface area contributed by atoms with Gasteiger partial charge in [0.05, 0.1) is 13.2 Å². The Morgan fingerprint density at radius 2 is 1.89 bits per heavy atom. The lowest BCUT2D eigenvalue weighted by Crippen LogP contribution is -2.38. The van der Waals surface area contributed by atoms with E-state index in [9.17, 15) is 9.59 Å². The number of carbonyl (C=O) groups excluding carboxylic acids is 2. The monoisotopic (exact) mass is 365 g/mol. The predicted molar refractivity (Wildman–Crippen MR) is 101 cm³/mol. The van der Waals surface area contributed by atoms with Crippen molar-refractivity contribution in [1.29, 1.82) is 0 Å². The lowest BCUT2D eigenvalue weighted by molar-refractivity contribution is -0.121. The molecule has 2 heterocycles. The highest BCUT2D eigenvalue weighted by Gasteiger charge is 2.41. The van der Waals surface area contributed by atoms with Gasteiger partial charge in [0.2, 0.25) is 0 Å². The van der Waals surface area contributed by atoms with E-state index < -0.39 is 0 Å². The normalized spacial score (nSPS) is 21.5. The van der Waals surface area contributed by atoms with Gasteiger partial charge in [-0.2, -0.15) is 0 Å². The van der Waals surface area contributed by atoms with Crippen LogP contribution in [0.5, 0.6) is 11.5 Å². The number of amides is 1. The third-order valence-electron chi connectivity index (χ3n) is 5.36. The van der Waals surface area contributed by atoms with Crippen LogP contribution in [-0.4, -0.2) is 36.3 Å². The van der Waals surface area contributed by atoms with Crippen molar-refractivity contribution in [3.63, 3.8) is 0 Å². The molecule has 4 rings (SSSR count). The number of hydrogen-bond donors (Lipinski definition) is 0. The van der Waals surface area contributed by atoms with Crippen molar-refractivity contribution in [3.8, 4) is 11.5 Å². The molecule has 0 bridgehead atoms. The Bertz CT molecular complexity index is 877. The minimum atomic E-state index is -0.306. The number of rotatable bonds is 4. The van der Waals surface area contributed by atoms with Crippen LogP contribution in [-0.2, 0) is 17.8 Å². The molecule has 0 unspecified atom stereocenters. The van der Waals surface area contributed by atoms with Crippen LogP contribution in [0.4, 0.5) is 0 Å². The van der Waals surface area contributed by atoms with Crippen molar-refractivity contribution < 1.29 is 19.1 Å². The zero-order chi connectivity index (χ0) is 19.0. The first-order valence-corrected chi connectivity index (χ1v) is 9.28. The number of methoxy groups -OCH3 is 1. The summed E-state index contributed by atoms with van der Waals surface area (Å²) < 4.78 is 11.4. The van der Waals surface area contributed by atoms with Crippen LogP contribution < -0.4 is 9.47 Å². The Labute approximate surface area is 158 Å². The molecule has 2 aromatic carbocycles. The van der Waals surface area contributed by atoms with Gasteiger partial charge in [-0.15, -0.1) is 0 Å². The van der Waals surface area contributed by atoms with Crippen LogP contribution in [0.15, 0.2) is 42.5 Å². The minimum Gasteiger partial charge on any atom is -0.493 e. The minimum absolute atomic E-state index is 0.0851. The summed E-state index contributed by atoms with van der Waals surface area (Å²) in [7, 11) is 1.56. The zero-order valence-electron chi connectivity index (χ0n) is 15.6. The molecule has 140 valence electrons. The average molecular weight is 365 g/mol. The topological polar surface area (TPSA) is 55.8 Å². The highest BCUT2D eigenvalue weighted by molar-refractivity contribution is 6.04. The van der Waals surface area contributed by atoms with E-state index >= 15 is 0 Å². The number of ketones is 1. The summed E-state index contributed by atoms with van der Waals surface area (Å²) in [6, 6.07) is 13.0. The first-order valence-electron chi connectivity index (χ1n) is 9.28. The van der Waals surface area contributed by atoms with Crippen LogP contribution in [0.25, 0.3) is 0 Å². The molecular weight excluding hydrogens is 342 g/mol. The second kappa shape index (κ2) is 7.06. The molecule has 1 amide bonds. The Morgan fingerprint density at radius 3 is 2.63 bits per heavy atom. The molecule has 2 aliphatic heterocycles. The van der Waals surface area contributed by atoms with Crippen LogP contribution in [0.2, 0.25) is 0 Å². The molecule has 5 heteroatoms. The Hall–Kier alpha value is -2.82. The van der Waals surface area contributed by atoms with E-state index in [-0.39, 0.29) is 24.2 Å². The number of ether oxygens (including phenoxy) is 2. The summed E-state index contributed by atoms with van der Waals surface area (Å²) in [6.07, 6.45) is 0.994. The second-order valence-electron chi connectivity index (χ2n) is 7.39. The van der Waals surface area contributed by atoms with Crippen LogP contribution in [0.1, 0.15) is 34.8 Å². The summed E-state index contributed by atoms with van der Waals surface area (Å²) in [4.78, 5) is 27.5. The van der Waals surface area contributed by atoms with Gasteiger partial charge >= 0.3 is 0 Å².